The van der Waals surface area contributed by atoms with Gasteiger partial charge in [-0.2, -0.15) is 10.2 Å². The molecular formula is C12H13N5S2. The Bertz CT molecular complexity index is 693. The van der Waals surface area contributed by atoms with E-state index in [-0.39, 0.29) is 6.04 Å². The Morgan fingerprint density at radius 2 is 2.37 bits per heavy atom. The van der Waals surface area contributed by atoms with E-state index in [1.165, 1.54) is 0 Å². The SMILES string of the molecule is CC(Cn1cccn1)n1c(-c2cccs2)n[nH]c1=S. The molecule has 19 heavy (non-hydrogen) atoms. The van der Waals surface area contributed by atoms with Crippen molar-refractivity contribution in [1.29, 1.82) is 0 Å². The molecule has 3 aromatic rings. The first-order valence-electron chi connectivity index (χ1n) is 5.94. The fraction of sp³-hybridized carbons (Fsp3) is 0.250. The molecule has 0 aliphatic carbocycles. The summed E-state index contributed by atoms with van der Waals surface area (Å²) in [5.74, 6) is 0.889. The van der Waals surface area contributed by atoms with Crippen LogP contribution in [-0.4, -0.2) is 24.5 Å². The molecule has 3 heterocycles. The van der Waals surface area contributed by atoms with E-state index < -0.39 is 0 Å². The topological polar surface area (TPSA) is 51.4 Å². The summed E-state index contributed by atoms with van der Waals surface area (Å²) in [5, 5.41) is 13.5. The van der Waals surface area contributed by atoms with E-state index in [2.05, 4.69) is 22.2 Å². The zero-order valence-electron chi connectivity index (χ0n) is 10.4. The van der Waals surface area contributed by atoms with Gasteiger partial charge in [-0.25, -0.2) is 0 Å². The van der Waals surface area contributed by atoms with Gasteiger partial charge in [0.2, 0.25) is 0 Å². The van der Waals surface area contributed by atoms with Crippen molar-refractivity contribution >= 4 is 23.6 Å². The molecule has 3 rings (SSSR count). The Kier molecular flexibility index (Phi) is 3.31. The largest absolute Gasteiger partial charge is 0.295 e. The van der Waals surface area contributed by atoms with Crippen LogP contribution in [0.5, 0.6) is 0 Å². The standard InChI is InChI=1S/C12H13N5S2/c1-9(8-16-6-3-5-13-16)17-11(14-15-12(17)18)10-4-2-7-19-10/h2-7,9H,8H2,1H3,(H,15,18). The molecule has 1 N–H and O–H groups in total. The van der Waals surface area contributed by atoms with Crippen molar-refractivity contribution in [2.24, 2.45) is 0 Å². The Morgan fingerprint density at radius 3 is 3.05 bits per heavy atom. The number of aromatic amines is 1. The molecule has 0 radical (unpaired) electrons. The Hall–Kier alpha value is -1.73. The molecule has 98 valence electrons. The van der Waals surface area contributed by atoms with Gasteiger partial charge in [-0.15, -0.1) is 11.3 Å². The predicted molar refractivity (Wildman–Crippen MR) is 77.7 cm³/mol. The molecule has 0 aliphatic heterocycles. The van der Waals surface area contributed by atoms with Gasteiger partial charge in [0.25, 0.3) is 0 Å². The smallest absolute Gasteiger partial charge is 0.195 e. The third-order valence-corrected chi connectivity index (χ3v) is 4.05. The minimum absolute atomic E-state index is 0.184. The second-order valence-electron chi connectivity index (χ2n) is 4.28. The zero-order valence-corrected chi connectivity index (χ0v) is 12.0. The zero-order chi connectivity index (χ0) is 13.2. The molecule has 7 heteroatoms. The van der Waals surface area contributed by atoms with E-state index in [0.717, 1.165) is 17.2 Å². The lowest BCUT2D eigenvalue weighted by Crippen LogP contribution is -2.14. The van der Waals surface area contributed by atoms with E-state index in [4.69, 9.17) is 12.2 Å². The second kappa shape index (κ2) is 5.10. The van der Waals surface area contributed by atoms with Crippen molar-refractivity contribution in [1.82, 2.24) is 24.5 Å². The van der Waals surface area contributed by atoms with E-state index in [1.54, 1.807) is 17.5 Å². The molecule has 5 nitrogen and oxygen atoms in total. The van der Waals surface area contributed by atoms with Crippen LogP contribution in [0.4, 0.5) is 0 Å². The summed E-state index contributed by atoms with van der Waals surface area (Å²) < 4.78 is 4.59. The van der Waals surface area contributed by atoms with Crippen LogP contribution in [0.15, 0.2) is 36.0 Å². The number of thiophene rings is 1. The van der Waals surface area contributed by atoms with Crippen molar-refractivity contribution in [3.8, 4) is 10.7 Å². The molecular weight excluding hydrogens is 278 g/mol. The van der Waals surface area contributed by atoms with Crippen molar-refractivity contribution in [2.45, 2.75) is 19.5 Å². The minimum atomic E-state index is 0.184. The van der Waals surface area contributed by atoms with Crippen molar-refractivity contribution in [3.05, 3.63) is 40.7 Å². The van der Waals surface area contributed by atoms with Crippen molar-refractivity contribution in [2.75, 3.05) is 0 Å². The maximum Gasteiger partial charge on any atom is 0.195 e. The molecule has 3 aromatic heterocycles. The van der Waals surface area contributed by atoms with Gasteiger partial charge in [0.15, 0.2) is 10.6 Å². The molecule has 0 spiro atoms. The highest BCUT2D eigenvalue weighted by molar-refractivity contribution is 7.71. The first-order valence-corrected chi connectivity index (χ1v) is 7.22. The third kappa shape index (κ3) is 2.39. The minimum Gasteiger partial charge on any atom is -0.295 e. The number of H-pyrrole nitrogens is 1. The van der Waals surface area contributed by atoms with Crippen LogP contribution in [-0.2, 0) is 6.54 Å². The van der Waals surface area contributed by atoms with E-state index in [9.17, 15) is 0 Å². The van der Waals surface area contributed by atoms with Gasteiger partial charge in [0, 0.05) is 12.4 Å². The number of aromatic nitrogens is 5. The lowest BCUT2D eigenvalue weighted by atomic mass is 10.3. The van der Waals surface area contributed by atoms with Crippen LogP contribution >= 0.6 is 23.6 Å². The fourth-order valence-corrected chi connectivity index (χ4v) is 3.08. The molecule has 0 aliphatic rings. The summed E-state index contributed by atoms with van der Waals surface area (Å²) in [7, 11) is 0. The van der Waals surface area contributed by atoms with Gasteiger partial charge >= 0.3 is 0 Å². The number of nitrogens with one attached hydrogen (secondary N) is 1. The Morgan fingerprint density at radius 1 is 1.47 bits per heavy atom. The molecule has 0 saturated carbocycles. The maximum absolute atomic E-state index is 5.34. The van der Waals surface area contributed by atoms with Crippen LogP contribution in [0.2, 0.25) is 0 Å². The van der Waals surface area contributed by atoms with Crippen molar-refractivity contribution in [3.63, 3.8) is 0 Å². The summed E-state index contributed by atoms with van der Waals surface area (Å²) in [4.78, 5) is 1.11. The maximum atomic E-state index is 5.34. The first kappa shape index (κ1) is 12.3. The van der Waals surface area contributed by atoms with Gasteiger partial charge in [-0.05, 0) is 36.7 Å². The average molecular weight is 291 g/mol. The quantitative estimate of drug-likeness (QED) is 0.751. The highest BCUT2D eigenvalue weighted by Crippen LogP contribution is 2.25. The highest BCUT2D eigenvalue weighted by Gasteiger charge is 2.15. The van der Waals surface area contributed by atoms with Crippen LogP contribution in [0.3, 0.4) is 0 Å². The van der Waals surface area contributed by atoms with Gasteiger partial charge in [0.05, 0.1) is 17.5 Å². The third-order valence-electron chi connectivity index (χ3n) is 2.90. The van der Waals surface area contributed by atoms with E-state index in [0.29, 0.717) is 4.77 Å². The van der Waals surface area contributed by atoms with Gasteiger partial charge in [-0.1, -0.05) is 6.07 Å². The lowest BCUT2D eigenvalue weighted by molar-refractivity contribution is 0.436. The number of hydrogen-bond acceptors (Lipinski definition) is 4. The summed E-state index contributed by atoms with van der Waals surface area (Å²) in [6, 6.07) is 6.16. The number of rotatable bonds is 4. The lowest BCUT2D eigenvalue weighted by Gasteiger charge is -2.15. The predicted octanol–water partition coefficient (Wildman–Crippen LogP) is 3.13. The van der Waals surface area contributed by atoms with Crippen LogP contribution in [0.1, 0.15) is 13.0 Å². The van der Waals surface area contributed by atoms with Crippen LogP contribution in [0, 0.1) is 4.77 Å². The first-order chi connectivity index (χ1) is 9.25. The highest BCUT2D eigenvalue weighted by atomic mass is 32.1. The van der Waals surface area contributed by atoms with Gasteiger partial charge in [0.1, 0.15) is 0 Å². The molecule has 0 bridgehead atoms. The average Bonchev–Trinajstić information content (AvgIpc) is 3.07. The summed E-state index contributed by atoms with van der Waals surface area (Å²) in [6.07, 6.45) is 3.73. The Balaban J connectivity index is 1.96. The van der Waals surface area contributed by atoms with Crippen molar-refractivity contribution < 1.29 is 0 Å². The molecule has 0 fully saturated rings. The molecule has 0 amide bonds. The number of nitrogens with zero attached hydrogens (tertiary/aromatic N) is 4. The van der Waals surface area contributed by atoms with E-state index in [1.807, 2.05) is 39.0 Å². The molecule has 1 unspecified atom stereocenters. The molecule has 0 aromatic carbocycles. The molecule has 0 saturated heterocycles. The summed E-state index contributed by atoms with van der Waals surface area (Å²) in [6.45, 7) is 2.88. The summed E-state index contributed by atoms with van der Waals surface area (Å²) in [5.41, 5.74) is 0. The monoisotopic (exact) mass is 291 g/mol. The van der Waals surface area contributed by atoms with E-state index >= 15 is 0 Å². The van der Waals surface area contributed by atoms with Gasteiger partial charge < -0.3 is 0 Å². The number of hydrogen-bond donors (Lipinski definition) is 1. The molecule has 1 atom stereocenters. The fourth-order valence-electron chi connectivity index (χ4n) is 2.05. The Labute approximate surface area is 119 Å². The normalized spacial score (nSPS) is 12.7. The van der Waals surface area contributed by atoms with Gasteiger partial charge in [-0.3, -0.25) is 14.3 Å². The van der Waals surface area contributed by atoms with Crippen LogP contribution in [0.25, 0.3) is 10.7 Å². The second-order valence-corrected chi connectivity index (χ2v) is 5.61. The van der Waals surface area contributed by atoms with Crippen LogP contribution < -0.4 is 0 Å². The summed E-state index contributed by atoms with van der Waals surface area (Å²) >= 11 is 7.00.